The van der Waals surface area contributed by atoms with Crippen molar-refractivity contribution in [2.24, 2.45) is 5.92 Å². The Balaban J connectivity index is 1.55. The van der Waals surface area contributed by atoms with Crippen molar-refractivity contribution in [1.82, 2.24) is 4.90 Å². The van der Waals surface area contributed by atoms with Gasteiger partial charge < -0.3 is 50.1 Å². The smallest absolute Gasteiger partial charge is 0.335 e. The highest BCUT2D eigenvalue weighted by atomic mass is 16.7. The van der Waals surface area contributed by atoms with Crippen LogP contribution in [-0.2, 0) is 27.2 Å². The molecule has 2 fully saturated rings. The van der Waals surface area contributed by atoms with E-state index in [9.17, 15) is 40.5 Å². The molecule has 0 amide bonds. The summed E-state index contributed by atoms with van der Waals surface area (Å²) in [6, 6.07) is 1.49. The Morgan fingerprint density at radius 1 is 1.18 bits per heavy atom. The topological polar surface area (TPSA) is 180 Å². The van der Waals surface area contributed by atoms with E-state index in [0.717, 1.165) is 12.1 Å². The van der Waals surface area contributed by atoms with Gasteiger partial charge in [0, 0.05) is 22.9 Å². The van der Waals surface area contributed by atoms with Crippen LogP contribution in [-0.4, -0.2) is 103 Å². The van der Waals surface area contributed by atoms with Crippen molar-refractivity contribution >= 4 is 5.97 Å². The first-order valence-corrected chi connectivity index (χ1v) is 11.3. The molecule has 3 heterocycles. The lowest BCUT2D eigenvalue weighted by atomic mass is 9.53. The van der Waals surface area contributed by atoms with Crippen molar-refractivity contribution < 1.29 is 50.0 Å². The zero-order valence-corrected chi connectivity index (χ0v) is 18.3. The molecule has 1 aromatic carbocycles. The number of phenolic OH excluding ortho intramolecular Hbond substituents is 1. The zero-order chi connectivity index (χ0) is 24.3. The number of aliphatic hydroxyl groups is 5. The molecule has 0 aromatic heterocycles. The van der Waals surface area contributed by atoms with Gasteiger partial charge in [0.1, 0.15) is 30.5 Å². The highest BCUT2D eigenvalue weighted by molar-refractivity contribution is 5.74. The summed E-state index contributed by atoms with van der Waals surface area (Å²) in [4.78, 5) is 13.8. The Morgan fingerprint density at radius 3 is 2.62 bits per heavy atom. The second-order valence-electron chi connectivity index (χ2n) is 10.1. The normalized spacial score (nSPS) is 46.6. The Morgan fingerprint density at radius 2 is 1.91 bits per heavy atom. The van der Waals surface area contributed by atoms with Gasteiger partial charge in [0.2, 0.25) is 5.79 Å². The summed E-state index contributed by atoms with van der Waals surface area (Å²) in [5.74, 6) is -4.99. The largest absolute Gasteiger partial charge is 0.504 e. The van der Waals surface area contributed by atoms with E-state index in [2.05, 4.69) is 4.90 Å². The molecular formula is C23H27NO10. The predicted octanol–water partition coefficient (Wildman–Crippen LogP) is -2.09. The lowest BCUT2D eigenvalue weighted by Crippen LogP contribution is -2.65. The summed E-state index contributed by atoms with van der Waals surface area (Å²) in [5.41, 5.74) is 0.485. The van der Waals surface area contributed by atoms with Gasteiger partial charge in [0.15, 0.2) is 17.6 Å². The van der Waals surface area contributed by atoms with Gasteiger partial charge >= 0.3 is 5.97 Å². The number of carboxylic acids is 1. The predicted molar refractivity (Wildman–Crippen MR) is 112 cm³/mol. The molecule has 5 aliphatic rings. The third-order valence-corrected chi connectivity index (χ3v) is 8.58. The molecule has 1 spiro atoms. The highest BCUT2D eigenvalue weighted by Crippen LogP contribution is 2.63. The number of benzene rings is 1. The number of rotatable bonds is 2. The monoisotopic (exact) mass is 477 g/mol. The van der Waals surface area contributed by atoms with E-state index in [1.54, 1.807) is 6.08 Å². The van der Waals surface area contributed by atoms with Crippen LogP contribution in [0.2, 0.25) is 0 Å². The van der Waals surface area contributed by atoms with E-state index in [0.29, 0.717) is 18.4 Å². The average molecular weight is 477 g/mol. The second-order valence-corrected chi connectivity index (χ2v) is 10.1. The fourth-order valence-electron chi connectivity index (χ4n) is 6.94. The Bertz CT molecular complexity index is 1110. The molecule has 2 aliphatic carbocycles. The van der Waals surface area contributed by atoms with Crippen LogP contribution < -0.4 is 4.74 Å². The van der Waals surface area contributed by atoms with Crippen LogP contribution in [0.3, 0.4) is 0 Å². The summed E-state index contributed by atoms with van der Waals surface area (Å²) in [6.07, 6.45) is -5.00. The first-order chi connectivity index (χ1) is 16.0. The molecule has 3 aliphatic heterocycles. The van der Waals surface area contributed by atoms with Crippen LogP contribution in [0, 0.1) is 5.92 Å². The lowest BCUT2D eigenvalue weighted by molar-refractivity contribution is -0.350. The van der Waals surface area contributed by atoms with Gasteiger partial charge in [0.25, 0.3) is 0 Å². The number of carboxylic acid groups (broad SMARTS) is 1. The van der Waals surface area contributed by atoms with Crippen LogP contribution in [0.25, 0.3) is 0 Å². The van der Waals surface area contributed by atoms with Crippen molar-refractivity contribution in [2.75, 3.05) is 13.6 Å². The van der Waals surface area contributed by atoms with Crippen molar-refractivity contribution in [1.29, 1.82) is 0 Å². The van der Waals surface area contributed by atoms with Crippen molar-refractivity contribution in [3.8, 4) is 11.5 Å². The van der Waals surface area contributed by atoms with Crippen LogP contribution in [0.1, 0.15) is 23.1 Å². The Kier molecular flexibility index (Phi) is 4.52. The van der Waals surface area contributed by atoms with Gasteiger partial charge in [-0.05, 0) is 38.1 Å². The number of likely N-dealkylation sites (tertiary alicyclic amines) is 1. The number of aliphatic carboxylic acids is 1. The molecule has 1 aromatic rings. The number of phenols is 1. The molecular weight excluding hydrogens is 450 g/mol. The highest BCUT2D eigenvalue weighted by Gasteiger charge is 2.65. The van der Waals surface area contributed by atoms with E-state index in [-0.39, 0.29) is 23.3 Å². The first kappa shape index (κ1) is 22.2. The maximum Gasteiger partial charge on any atom is 0.335 e. The SMILES string of the molecule is CN1CC[C@]23c4c5cc(C6(O)O[C@H](C(=O)O)[C@@H](O)[C@H](O)[C@H]6O)c(O)c4O[C@H]2[C@@H](O)C=C[C@H]3[C@H]1C5. The average Bonchev–Trinajstić information content (AvgIpc) is 3.15. The Hall–Kier alpha value is -2.25. The summed E-state index contributed by atoms with van der Waals surface area (Å²) in [5, 5.41) is 73.7. The van der Waals surface area contributed by atoms with Gasteiger partial charge in [-0.1, -0.05) is 12.2 Å². The molecule has 7 N–H and O–H groups in total. The van der Waals surface area contributed by atoms with Crippen molar-refractivity contribution in [2.45, 2.75) is 66.7 Å². The van der Waals surface area contributed by atoms with Gasteiger partial charge in [0.05, 0.1) is 5.56 Å². The van der Waals surface area contributed by atoms with E-state index in [1.807, 2.05) is 13.1 Å². The molecule has 1 unspecified atom stereocenters. The molecule has 0 radical (unpaired) electrons. The fraction of sp³-hybridized carbons (Fsp3) is 0.609. The number of nitrogens with zero attached hydrogens (tertiary/aromatic N) is 1. The number of hydrogen-bond acceptors (Lipinski definition) is 10. The number of aliphatic hydroxyl groups excluding tert-OH is 4. The number of likely N-dealkylation sites (N-methyl/N-ethyl adjacent to an activating group) is 1. The molecule has 0 saturated carbocycles. The fourth-order valence-corrected chi connectivity index (χ4v) is 6.94. The second kappa shape index (κ2) is 6.91. The van der Waals surface area contributed by atoms with Gasteiger partial charge in [-0.25, -0.2) is 4.79 Å². The summed E-state index contributed by atoms with van der Waals surface area (Å²) in [6.45, 7) is 0.763. The van der Waals surface area contributed by atoms with E-state index < -0.39 is 59.5 Å². The summed E-state index contributed by atoms with van der Waals surface area (Å²) < 4.78 is 11.4. The quantitative estimate of drug-likeness (QED) is 0.232. The number of hydrogen-bond donors (Lipinski definition) is 7. The van der Waals surface area contributed by atoms with Crippen LogP contribution in [0.15, 0.2) is 18.2 Å². The molecule has 6 rings (SSSR count). The van der Waals surface area contributed by atoms with E-state index >= 15 is 0 Å². The molecule has 34 heavy (non-hydrogen) atoms. The van der Waals surface area contributed by atoms with Gasteiger partial charge in [-0.2, -0.15) is 0 Å². The Labute approximate surface area is 194 Å². The minimum Gasteiger partial charge on any atom is -0.504 e. The van der Waals surface area contributed by atoms with E-state index in [1.165, 1.54) is 6.07 Å². The molecule has 11 nitrogen and oxygen atoms in total. The molecule has 2 saturated heterocycles. The summed E-state index contributed by atoms with van der Waals surface area (Å²) in [7, 11) is 2.01. The molecule has 2 bridgehead atoms. The molecule has 184 valence electrons. The van der Waals surface area contributed by atoms with Crippen LogP contribution >= 0.6 is 0 Å². The van der Waals surface area contributed by atoms with Crippen molar-refractivity contribution in [3.05, 3.63) is 34.9 Å². The van der Waals surface area contributed by atoms with Gasteiger partial charge in [-0.15, -0.1) is 0 Å². The third-order valence-electron chi connectivity index (χ3n) is 8.58. The summed E-state index contributed by atoms with van der Waals surface area (Å²) >= 11 is 0. The standard InChI is InChI=1S/C23H27NO10/c1-24-5-4-22-9-2-3-12(25)20(22)33-17-13(22)8(7-11(9)24)6-10(14(17)26)23(32)19(29)16(28)15(27)18(34-23)21(30)31/h2-3,6,9,11-12,15-16,18-20,25-29,32H,4-5,7H2,1H3,(H,30,31)/t9-,11+,12-,15-,16-,18-,19+,20-,22-,23?/m0/s1. The van der Waals surface area contributed by atoms with Gasteiger partial charge in [-0.3, -0.25) is 0 Å². The lowest BCUT2D eigenvalue weighted by Gasteiger charge is -2.56. The number of ether oxygens (including phenoxy) is 2. The van der Waals surface area contributed by atoms with E-state index in [4.69, 9.17) is 9.47 Å². The number of aromatic hydroxyl groups is 1. The maximum absolute atomic E-state index is 11.6. The minimum atomic E-state index is -2.85. The van der Waals surface area contributed by atoms with Crippen molar-refractivity contribution in [3.63, 3.8) is 0 Å². The zero-order valence-electron chi connectivity index (χ0n) is 18.3. The minimum absolute atomic E-state index is 0.0339. The maximum atomic E-state index is 11.6. The van der Waals surface area contributed by atoms with Crippen LogP contribution in [0.4, 0.5) is 0 Å². The number of piperidine rings is 1. The molecule has 10 atom stereocenters. The third kappa shape index (κ3) is 2.47. The molecule has 11 heteroatoms. The first-order valence-electron chi connectivity index (χ1n) is 11.3. The van der Waals surface area contributed by atoms with Crippen LogP contribution in [0.5, 0.6) is 11.5 Å². The number of carbonyl (C=O) groups is 1.